The summed E-state index contributed by atoms with van der Waals surface area (Å²) in [6, 6.07) is 22.3. The van der Waals surface area contributed by atoms with E-state index in [0.717, 1.165) is 38.7 Å². The molecule has 5 rings (SSSR count). The Morgan fingerprint density at radius 1 is 0.886 bits per heavy atom. The molecule has 8 heteroatoms. The lowest BCUT2D eigenvalue weighted by Crippen LogP contribution is -2.13. The molecule has 35 heavy (non-hydrogen) atoms. The van der Waals surface area contributed by atoms with Crippen molar-refractivity contribution in [1.82, 2.24) is 9.55 Å². The van der Waals surface area contributed by atoms with Crippen LogP contribution in [0.1, 0.15) is 5.56 Å². The third kappa shape index (κ3) is 4.84. The molecule has 2 aromatic heterocycles. The minimum Gasteiger partial charge on any atom is -0.491 e. The maximum Gasteiger partial charge on any atom is 0.297 e. The van der Waals surface area contributed by atoms with Crippen molar-refractivity contribution < 1.29 is 17.3 Å². The van der Waals surface area contributed by atoms with Crippen molar-refractivity contribution in [3.8, 4) is 5.75 Å². The molecule has 0 fully saturated rings. The van der Waals surface area contributed by atoms with Gasteiger partial charge in [0.05, 0.1) is 15.9 Å². The first-order valence-electron chi connectivity index (χ1n) is 11.2. The van der Waals surface area contributed by atoms with Crippen molar-refractivity contribution in [3.05, 3.63) is 90.8 Å². The van der Waals surface area contributed by atoms with Crippen molar-refractivity contribution >= 4 is 43.3 Å². The van der Waals surface area contributed by atoms with Crippen LogP contribution in [0.5, 0.6) is 5.75 Å². The van der Waals surface area contributed by atoms with Gasteiger partial charge in [-0.25, -0.2) is 0 Å². The van der Waals surface area contributed by atoms with Crippen molar-refractivity contribution in [1.29, 1.82) is 0 Å². The lowest BCUT2D eigenvalue weighted by Gasteiger charge is -2.11. The zero-order chi connectivity index (χ0) is 24.4. The Morgan fingerprint density at radius 3 is 2.51 bits per heavy atom. The zero-order valence-electron chi connectivity index (χ0n) is 19.4. The van der Waals surface area contributed by atoms with E-state index in [2.05, 4.69) is 27.0 Å². The number of aryl methyl sites for hydroxylation is 2. The summed E-state index contributed by atoms with van der Waals surface area (Å²) in [5.74, 6) is 0.614. The van der Waals surface area contributed by atoms with Crippen LogP contribution in [0.3, 0.4) is 0 Å². The Hall–Kier alpha value is -3.88. The molecule has 0 radical (unpaired) electrons. The van der Waals surface area contributed by atoms with E-state index in [1.54, 1.807) is 18.3 Å². The van der Waals surface area contributed by atoms with Crippen LogP contribution in [0.15, 0.2) is 90.1 Å². The molecule has 0 aliphatic heterocycles. The van der Waals surface area contributed by atoms with Gasteiger partial charge in [-0.1, -0.05) is 29.8 Å². The number of hydrogen-bond donors (Lipinski definition) is 1. The number of nitrogens with zero attached hydrogens (tertiary/aromatic N) is 2. The number of pyridine rings is 1. The Bertz CT molecular complexity index is 1610. The second-order valence-electron chi connectivity index (χ2n) is 8.27. The molecule has 3 aromatic carbocycles. The zero-order valence-corrected chi connectivity index (χ0v) is 20.2. The minimum absolute atomic E-state index is 0.0829. The number of benzene rings is 3. The molecule has 0 atom stereocenters. The minimum atomic E-state index is -3.81. The van der Waals surface area contributed by atoms with Crippen LogP contribution in [0.25, 0.3) is 21.8 Å². The average molecular weight is 488 g/mol. The van der Waals surface area contributed by atoms with Crippen LogP contribution in [0.4, 0.5) is 11.4 Å². The smallest absolute Gasteiger partial charge is 0.297 e. The van der Waals surface area contributed by atoms with E-state index in [-0.39, 0.29) is 18.1 Å². The van der Waals surface area contributed by atoms with Crippen molar-refractivity contribution in [2.24, 2.45) is 7.05 Å². The Labute approximate surface area is 204 Å². The summed E-state index contributed by atoms with van der Waals surface area (Å²) in [5.41, 5.74) is 5.03. The highest BCUT2D eigenvalue weighted by Gasteiger charge is 2.14. The molecule has 0 saturated carbocycles. The summed E-state index contributed by atoms with van der Waals surface area (Å²) in [4.78, 5) is 4.39. The fraction of sp³-hybridized carbons (Fsp3) is 0.148. The number of hydrogen-bond acceptors (Lipinski definition) is 6. The lowest BCUT2D eigenvalue weighted by molar-refractivity contribution is 0.221. The van der Waals surface area contributed by atoms with Gasteiger partial charge in [0.15, 0.2) is 0 Å². The SMILES string of the molecule is Cc1ccc(S(=O)(=O)OCCOc2cccc(Nc3ccc4c5cnccc5n(C)c4c3)c2)cc1. The highest BCUT2D eigenvalue weighted by molar-refractivity contribution is 7.86. The second kappa shape index (κ2) is 9.40. The fourth-order valence-corrected chi connectivity index (χ4v) is 4.93. The molecule has 5 aromatic rings. The summed E-state index contributed by atoms with van der Waals surface area (Å²) in [7, 11) is -1.76. The molecule has 7 nitrogen and oxygen atoms in total. The van der Waals surface area contributed by atoms with Gasteiger partial charge in [0.25, 0.3) is 10.1 Å². The second-order valence-corrected chi connectivity index (χ2v) is 9.89. The highest BCUT2D eigenvalue weighted by Crippen LogP contribution is 2.31. The third-order valence-corrected chi connectivity index (χ3v) is 7.16. The maximum atomic E-state index is 12.3. The summed E-state index contributed by atoms with van der Waals surface area (Å²) < 4.78 is 37.6. The molecule has 0 amide bonds. The highest BCUT2D eigenvalue weighted by atomic mass is 32.2. The van der Waals surface area contributed by atoms with E-state index >= 15 is 0 Å². The normalized spacial score (nSPS) is 11.7. The Kier molecular flexibility index (Phi) is 6.15. The van der Waals surface area contributed by atoms with Crippen LogP contribution in [0.2, 0.25) is 0 Å². The Morgan fingerprint density at radius 2 is 1.69 bits per heavy atom. The number of anilines is 2. The molecule has 0 aliphatic carbocycles. The third-order valence-electron chi connectivity index (χ3n) is 5.83. The summed E-state index contributed by atoms with van der Waals surface area (Å²) >= 11 is 0. The molecule has 0 bridgehead atoms. The predicted molar refractivity (Wildman–Crippen MR) is 138 cm³/mol. The van der Waals surface area contributed by atoms with Crippen LogP contribution < -0.4 is 10.1 Å². The van der Waals surface area contributed by atoms with Crippen LogP contribution in [0, 0.1) is 6.92 Å². The van der Waals surface area contributed by atoms with Crippen LogP contribution >= 0.6 is 0 Å². The van der Waals surface area contributed by atoms with Crippen molar-refractivity contribution in [2.75, 3.05) is 18.5 Å². The van der Waals surface area contributed by atoms with E-state index in [0.29, 0.717) is 5.75 Å². The van der Waals surface area contributed by atoms with Crippen LogP contribution in [-0.2, 0) is 21.3 Å². The van der Waals surface area contributed by atoms with E-state index < -0.39 is 10.1 Å². The number of aromatic nitrogens is 2. The van der Waals surface area contributed by atoms with E-state index in [4.69, 9.17) is 8.92 Å². The molecule has 0 aliphatic rings. The Balaban J connectivity index is 1.23. The van der Waals surface area contributed by atoms with Gasteiger partial charge in [0, 0.05) is 47.7 Å². The quantitative estimate of drug-likeness (QED) is 0.228. The van der Waals surface area contributed by atoms with Crippen LogP contribution in [-0.4, -0.2) is 31.2 Å². The maximum absolute atomic E-state index is 12.3. The molecule has 2 heterocycles. The molecule has 178 valence electrons. The summed E-state index contributed by atoms with van der Waals surface area (Å²) in [5, 5.41) is 5.69. The van der Waals surface area contributed by atoms with Gasteiger partial charge >= 0.3 is 0 Å². The largest absolute Gasteiger partial charge is 0.491 e. The monoisotopic (exact) mass is 487 g/mol. The van der Waals surface area contributed by atoms with E-state index in [1.165, 1.54) is 12.1 Å². The van der Waals surface area contributed by atoms with Gasteiger partial charge in [-0.3, -0.25) is 9.17 Å². The average Bonchev–Trinajstić information content (AvgIpc) is 3.14. The lowest BCUT2D eigenvalue weighted by atomic mass is 10.2. The first-order chi connectivity index (χ1) is 16.9. The molecular weight excluding hydrogens is 462 g/mol. The van der Waals surface area contributed by atoms with Gasteiger partial charge in [-0.2, -0.15) is 8.42 Å². The summed E-state index contributed by atoms with van der Waals surface area (Å²) in [6.07, 6.45) is 3.69. The van der Waals surface area contributed by atoms with Crippen molar-refractivity contribution in [2.45, 2.75) is 11.8 Å². The number of fused-ring (bicyclic) bond motifs is 3. The molecule has 0 saturated heterocycles. The van der Waals surface area contributed by atoms with Gasteiger partial charge < -0.3 is 14.6 Å². The standard InChI is InChI=1S/C27H25N3O4S/c1-19-6-9-23(10-7-19)35(31,32)34-15-14-33-22-5-3-4-20(16-22)29-21-8-11-24-25-18-28-13-12-26(25)30(2)27(24)17-21/h3-13,16-18,29H,14-15H2,1-2H3. The number of ether oxygens (including phenoxy) is 1. The van der Waals surface area contributed by atoms with Gasteiger partial charge in [0.2, 0.25) is 0 Å². The first kappa shape index (κ1) is 22.9. The van der Waals surface area contributed by atoms with Crippen molar-refractivity contribution in [3.63, 3.8) is 0 Å². The number of rotatable bonds is 8. The molecule has 0 spiro atoms. The fourth-order valence-electron chi connectivity index (χ4n) is 4.04. The molecule has 0 unspecified atom stereocenters. The van der Waals surface area contributed by atoms with Gasteiger partial charge in [0.1, 0.15) is 19.0 Å². The van der Waals surface area contributed by atoms with E-state index in [9.17, 15) is 8.42 Å². The van der Waals surface area contributed by atoms with Gasteiger partial charge in [-0.15, -0.1) is 0 Å². The molecular formula is C27H25N3O4S. The topological polar surface area (TPSA) is 82.5 Å². The first-order valence-corrected chi connectivity index (χ1v) is 12.6. The molecule has 1 N–H and O–H groups in total. The number of nitrogens with one attached hydrogen (secondary N) is 1. The van der Waals surface area contributed by atoms with Gasteiger partial charge in [-0.05, 0) is 49.4 Å². The predicted octanol–water partition coefficient (Wildman–Crippen LogP) is 5.56. The summed E-state index contributed by atoms with van der Waals surface area (Å²) in [6.45, 7) is 1.92. The van der Waals surface area contributed by atoms with E-state index in [1.807, 2.05) is 56.6 Å².